The van der Waals surface area contributed by atoms with Gasteiger partial charge in [0.1, 0.15) is 5.65 Å². The molecular formula is C27H27F3N4O2S. The summed E-state index contributed by atoms with van der Waals surface area (Å²) in [6.45, 7) is 3.68. The molecule has 0 atom stereocenters. The lowest BCUT2D eigenvalue weighted by Crippen LogP contribution is -2.38. The third kappa shape index (κ3) is 5.39. The molecule has 2 aliphatic rings. The molecule has 0 bridgehead atoms. The Labute approximate surface area is 216 Å². The zero-order valence-electron chi connectivity index (χ0n) is 20.3. The first-order valence-corrected chi connectivity index (χ1v) is 13.1. The second-order valence-corrected chi connectivity index (χ2v) is 10.5. The van der Waals surface area contributed by atoms with E-state index in [-0.39, 0.29) is 17.4 Å². The van der Waals surface area contributed by atoms with E-state index in [4.69, 9.17) is 0 Å². The van der Waals surface area contributed by atoms with Crippen LogP contribution in [0.4, 0.5) is 13.2 Å². The fraction of sp³-hybridized carbons (Fsp3) is 0.370. The van der Waals surface area contributed by atoms with E-state index in [9.17, 15) is 22.8 Å². The topological polar surface area (TPSA) is 66.7 Å². The minimum absolute atomic E-state index is 0.0918. The SMILES string of the molecule is Cc1nc2cccc3n2c1C=C(C(=O)NCCCC1CCN(C(=O)c2ccc(C(F)(F)F)cc2)CC1)S3. The maximum Gasteiger partial charge on any atom is 0.416 e. The molecule has 37 heavy (non-hydrogen) atoms. The standard InChI is InChI=1S/C27H27F3N4O2S/c1-17-21-16-22(37-24-6-2-5-23(32-17)34(21)24)25(35)31-13-3-4-18-11-14-33(15-12-18)26(36)19-7-9-20(10-8-19)27(28,29)30/h2,5-10,16,18H,3-4,11-15H2,1H3,(H,31,35). The summed E-state index contributed by atoms with van der Waals surface area (Å²) in [6, 6.07) is 10.3. The smallest absolute Gasteiger partial charge is 0.352 e. The number of amides is 2. The lowest BCUT2D eigenvalue weighted by atomic mass is 9.92. The second kappa shape index (κ2) is 10.2. The van der Waals surface area contributed by atoms with Crippen LogP contribution < -0.4 is 5.32 Å². The van der Waals surface area contributed by atoms with E-state index in [1.165, 1.54) is 23.9 Å². The van der Waals surface area contributed by atoms with Gasteiger partial charge in [0, 0.05) is 25.2 Å². The molecule has 2 aromatic heterocycles. The molecule has 1 N–H and O–H groups in total. The highest BCUT2D eigenvalue weighted by Gasteiger charge is 2.31. The molecule has 0 radical (unpaired) electrons. The fourth-order valence-electron chi connectivity index (χ4n) is 4.91. The molecule has 0 aliphatic carbocycles. The van der Waals surface area contributed by atoms with Crippen molar-refractivity contribution in [2.75, 3.05) is 19.6 Å². The molecule has 5 rings (SSSR count). The summed E-state index contributed by atoms with van der Waals surface area (Å²) in [7, 11) is 0. The molecule has 1 saturated heterocycles. The summed E-state index contributed by atoms with van der Waals surface area (Å²) >= 11 is 1.44. The van der Waals surface area contributed by atoms with E-state index in [1.807, 2.05) is 31.2 Å². The highest BCUT2D eigenvalue weighted by Crippen LogP contribution is 2.35. The third-order valence-corrected chi connectivity index (χ3v) is 8.02. The average Bonchev–Trinajstić information content (AvgIpc) is 3.22. The third-order valence-electron chi connectivity index (χ3n) is 6.97. The Balaban J connectivity index is 1.06. The molecule has 4 heterocycles. The van der Waals surface area contributed by atoms with Gasteiger partial charge in [-0.05, 0) is 81.0 Å². The summed E-state index contributed by atoms with van der Waals surface area (Å²) in [5, 5.41) is 4.00. The van der Waals surface area contributed by atoms with Crippen molar-refractivity contribution < 1.29 is 22.8 Å². The van der Waals surface area contributed by atoms with E-state index in [2.05, 4.69) is 14.7 Å². The van der Waals surface area contributed by atoms with Crippen molar-refractivity contribution in [2.24, 2.45) is 5.92 Å². The Hall–Kier alpha value is -3.27. The molecule has 10 heteroatoms. The van der Waals surface area contributed by atoms with Gasteiger partial charge in [-0.25, -0.2) is 4.98 Å². The van der Waals surface area contributed by atoms with Gasteiger partial charge in [-0.3, -0.25) is 14.0 Å². The van der Waals surface area contributed by atoms with Crippen LogP contribution in [0, 0.1) is 12.8 Å². The molecule has 6 nitrogen and oxygen atoms in total. The normalized spacial score (nSPS) is 16.1. The van der Waals surface area contributed by atoms with Gasteiger partial charge < -0.3 is 10.2 Å². The van der Waals surface area contributed by atoms with Crippen molar-refractivity contribution in [1.29, 1.82) is 0 Å². The molecule has 2 amide bonds. The molecule has 1 fully saturated rings. The van der Waals surface area contributed by atoms with Crippen LogP contribution in [0.2, 0.25) is 0 Å². The number of nitrogens with one attached hydrogen (secondary N) is 1. The van der Waals surface area contributed by atoms with Gasteiger partial charge in [-0.15, -0.1) is 0 Å². The summed E-state index contributed by atoms with van der Waals surface area (Å²) in [5.41, 5.74) is 2.22. The maximum absolute atomic E-state index is 12.8. The number of pyridine rings is 1. The van der Waals surface area contributed by atoms with Crippen molar-refractivity contribution in [3.05, 3.63) is 69.9 Å². The Bertz CT molecular complexity index is 1360. The molecule has 0 spiro atoms. The van der Waals surface area contributed by atoms with Crippen LogP contribution in [-0.2, 0) is 11.0 Å². The minimum Gasteiger partial charge on any atom is -0.352 e. The predicted molar refractivity (Wildman–Crippen MR) is 136 cm³/mol. The van der Waals surface area contributed by atoms with Crippen LogP contribution in [0.15, 0.2) is 52.4 Å². The van der Waals surface area contributed by atoms with Crippen LogP contribution in [0.1, 0.15) is 53.0 Å². The zero-order valence-corrected chi connectivity index (χ0v) is 21.2. The van der Waals surface area contributed by atoms with Crippen molar-refractivity contribution in [1.82, 2.24) is 19.6 Å². The monoisotopic (exact) mass is 528 g/mol. The van der Waals surface area contributed by atoms with E-state index in [0.29, 0.717) is 30.5 Å². The molecular weight excluding hydrogens is 501 g/mol. The largest absolute Gasteiger partial charge is 0.416 e. The molecule has 0 unspecified atom stereocenters. The van der Waals surface area contributed by atoms with E-state index in [1.54, 1.807) is 4.90 Å². The van der Waals surface area contributed by atoms with Gasteiger partial charge in [0.05, 0.1) is 26.9 Å². The van der Waals surface area contributed by atoms with Gasteiger partial charge in [-0.2, -0.15) is 13.2 Å². The number of imidazole rings is 1. The van der Waals surface area contributed by atoms with Gasteiger partial charge in [0.25, 0.3) is 11.8 Å². The van der Waals surface area contributed by atoms with Crippen molar-refractivity contribution in [2.45, 2.75) is 43.8 Å². The average molecular weight is 529 g/mol. The Kier molecular flexibility index (Phi) is 7.02. The number of piperidine rings is 1. The zero-order chi connectivity index (χ0) is 26.2. The molecule has 1 aromatic carbocycles. The molecule has 0 saturated carbocycles. The van der Waals surface area contributed by atoms with Crippen LogP contribution in [0.3, 0.4) is 0 Å². The van der Waals surface area contributed by atoms with Gasteiger partial charge >= 0.3 is 6.18 Å². The fourth-order valence-corrected chi connectivity index (χ4v) is 5.90. The molecule has 2 aliphatic heterocycles. The van der Waals surface area contributed by atoms with Crippen molar-refractivity contribution >= 4 is 35.3 Å². The van der Waals surface area contributed by atoms with Gasteiger partial charge in [-0.1, -0.05) is 17.8 Å². The van der Waals surface area contributed by atoms with E-state index < -0.39 is 11.7 Å². The number of alkyl halides is 3. The summed E-state index contributed by atoms with van der Waals surface area (Å²) in [5.74, 6) is 0.127. The number of nitrogens with zero attached hydrogens (tertiary/aromatic N) is 3. The number of rotatable bonds is 6. The Morgan fingerprint density at radius 2 is 1.84 bits per heavy atom. The first-order chi connectivity index (χ1) is 17.7. The maximum atomic E-state index is 12.8. The quantitative estimate of drug-likeness (QED) is 0.426. The van der Waals surface area contributed by atoms with Crippen LogP contribution in [0.5, 0.6) is 0 Å². The first kappa shape index (κ1) is 25.4. The summed E-state index contributed by atoms with van der Waals surface area (Å²) < 4.78 is 40.3. The van der Waals surface area contributed by atoms with Crippen LogP contribution in [0.25, 0.3) is 11.7 Å². The predicted octanol–water partition coefficient (Wildman–Crippen LogP) is 5.56. The van der Waals surface area contributed by atoms with Crippen molar-refractivity contribution in [3.8, 4) is 0 Å². The summed E-state index contributed by atoms with van der Waals surface area (Å²) in [4.78, 5) is 32.4. The Morgan fingerprint density at radius 3 is 2.54 bits per heavy atom. The van der Waals surface area contributed by atoms with Crippen molar-refractivity contribution in [3.63, 3.8) is 0 Å². The number of aryl methyl sites for hydroxylation is 1. The number of carbonyl (C=O) groups is 2. The van der Waals surface area contributed by atoms with Crippen LogP contribution >= 0.6 is 11.8 Å². The highest BCUT2D eigenvalue weighted by atomic mass is 32.2. The summed E-state index contributed by atoms with van der Waals surface area (Å²) in [6.07, 6.45) is 0.950. The number of benzene rings is 1. The van der Waals surface area contributed by atoms with E-state index in [0.717, 1.165) is 59.9 Å². The number of hydrogen-bond acceptors (Lipinski definition) is 4. The Morgan fingerprint density at radius 1 is 1.11 bits per heavy atom. The number of halogens is 3. The number of likely N-dealkylation sites (tertiary alicyclic amines) is 1. The van der Waals surface area contributed by atoms with Crippen LogP contribution in [-0.4, -0.2) is 45.7 Å². The molecule has 194 valence electrons. The highest BCUT2D eigenvalue weighted by molar-refractivity contribution is 8.04. The second-order valence-electron chi connectivity index (χ2n) is 9.46. The number of carbonyl (C=O) groups excluding carboxylic acids is 2. The van der Waals surface area contributed by atoms with Gasteiger partial charge in [0.15, 0.2) is 0 Å². The lowest BCUT2D eigenvalue weighted by molar-refractivity contribution is -0.137. The molecule has 3 aromatic rings. The first-order valence-electron chi connectivity index (χ1n) is 12.3. The number of aromatic nitrogens is 2. The minimum atomic E-state index is -4.41. The number of hydrogen-bond donors (Lipinski definition) is 1. The number of thioether (sulfide) groups is 1. The van der Waals surface area contributed by atoms with E-state index >= 15 is 0 Å². The van der Waals surface area contributed by atoms with Gasteiger partial charge in [0.2, 0.25) is 0 Å². The lowest BCUT2D eigenvalue weighted by Gasteiger charge is -2.32.